The van der Waals surface area contributed by atoms with Crippen LogP contribution in [0.2, 0.25) is 0 Å². The molecular weight excluding hydrogens is 400 g/mol. The van der Waals surface area contributed by atoms with Crippen molar-refractivity contribution in [3.05, 3.63) is 51.0 Å². The van der Waals surface area contributed by atoms with Crippen LogP contribution in [0, 0.1) is 6.92 Å². The zero-order valence-corrected chi connectivity index (χ0v) is 16.5. The molecule has 1 aliphatic heterocycles. The van der Waals surface area contributed by atoms with Gasteiger partial charge in [0.05, 0.1) is 35.0 Å². The van der Waals surface area contributed by atoms with Crippen molar-refractivity contribution in [1.82, 2.24) is 19.4 Å². The third-order valence-corrected chi connectivity index (χ3v) is 5.93. The average Bonchev–Trinajstić information content (AvgIpc) is 3.15. The lowest BCUT2D eigenvalue weighted by Gasteiger charge is -2.36. The second kappa shape index (κ2) is 7.86. The Kier molecular flexibility index (Phi) is 5.27. The van der Waals surface area contributed by atoms with Gasteiger partial charge in [-0.3, -0.25) is 14.2 Å². The standard InChI is InChI=1S/C19H19F2N5O2S/c1-12-17(29-11-23-12)19(28)25-6-4-24(5-7-25)13-2-3-14-15(8-13)22-10-26(18(14)27)9-16(20)21/h2-3,8,10-11,16H,4-7,9H2,1H3. The van der Waals surface area contributed by atoms with E-state index in [4.69, 9.17) is 0 Å². The van der Waals surface area contributed by atoms with Crippen molar-refractivity contribution in [1.29, 1.82) is 0 Å². The Labute approximate surface area is 169 Å². The van der Waals surface area contributed by atoms with Gasteiger partial charge in [0.2, 0.25) is 0 Å². The number of hydrogen-bond acceptors (Lipinski definition) is 6. The van der Waals surface area contributed by atoms with Gasteiger partial charge in [0.15, 0.2) is 0 Å². The van der Waals surface area contributed by atoms with Crippen LogP contribution in [-0.2, 0) is 6.54 Å². The molecule has 152 valence electrons. The first-order valence-corrected chi connectivity index (χ1v) is 10.0. The molecule has 0 unspecified atom stereocenters. The predicted molar refractivity (Wildman–Crippen MR) is 107 cm³/mol. The summed E-state index contributed by atoms with van der Waals surface area (Å²) in [4.78, 5) is 37.9. The molecule has 1 aliphatic rings. The van der Waals surface area contributed by atoms with Gasteiger partial charge in [-0.15, -0.1) is 11.3 Å². The highest BCUT2D eigenvalue weighted by Gasteiger charge is 2.24. The Morgan fingerprint density at radius 1 is 1.21 bits per heavy atom. The molecule has 0 N–H and O–H groups in total. The number of alkyl halides is 2. The molecule has 7 nitrogen and oxygen atoms in total. The van der Waals surface area contributed by atoms with Gasteiger partial charge in [-0.1, -0.05) is 0 Å². The van der Waals surface area contributed by atoms with Gasteiger partial charge in [0, 0.05) is 31.9 Å². The maximum absolute atomic E-state index is 12.6. The number of carbonyl (C=O) groups is 1. The lowest BCUT2D eigenvalue weighted by Crippen LogP contribution is -2.48. The van der Waals surface area contributed by atoms with Gasteiger partial charge in [-0.2, -0.15) is 0 Å². The normalized spacial score (nSPS) is 14.8. The van der Waals surface area contributed by atoms with Crippen molar-refractivity contribution < 1.29 is 13.6 Å². The Morgan fingerprint density at radius 3 is 2.62 bits per heavy atom. The molecule has 3 aromatic rings. The fourth-order valence-electron chi connectivity index (χ4n) is 3.44. The van der Waals surface area contributed by atoms with E-state index >= 15 is 0 Å². The van der Waals surface area contributed by atoms with Crippen molar-refractivity contribution in [3.8, 4) is 0 Å². The molecule has 0 atom stereocenters. The Hall–Kier alpha value is -2.88. The number of piperazine rings is 1. The summed E-state index contributed by atoms with van der Waals surface area (Å²) < 4.78 is 26.1. The van der Waals surface area contributed by atoms with E-state index in [2.05, 4.69) is 14.9 Å². The van der Waals surface area contributed by atoms with E-state index in [1.807, 2.05) is 11.8 Å². The van der Waals surface area contributed by atoms with Crippen molar-refractivity contribution in [2.45, 2.75) is 19.9 Å². The van der Waals surface area contributed by atoms with Gasteiger partial charge in [-0.05, 0) is 25.1 Å². The summed E-state index contributed by atoms with van der Waals surface area (Å²) in [5.74, 6) is 0.00408. The van der Waals surface area contributed by atoms with E-state index in [0.29, 0.717) is 42.0 Å². The lowest BCUT2D eigenvalue weighted by molar-refractivity contribution is 0.0750. The third-order valence-electron chi connectivity index (χ3n) is 5.02. The van der Waals surface area contributed by atoms with E-state index in [1.54, 1.807) is 23.7 Å². The van der Waals surface area contributed by atoms with E-state index < -0.39 is 18.5 Å². The minimum Gasteiger partial charge on any atom is -0.368 e. The first-order chi connectivity index (χ1) is 13.9. The highest BCUT2D eigenvalue weighted by Crippen LogP contribution is 2.22. The maximum Gasteiger partial charge on any atom is 0.265 e. The van der Waals surface area contributed by atoms with Crippen molar-refractivity contribution in [2.75, 3.05) is 31.1 Å². The van der Waals surface area contributed by atoms with Crippen molar-refractivity contribution >= 4 is 33.8 Å². The SMILES string of the molecule is Cc1ncsc1C(=O)N1CCN(c2ccc3c(=O)n(CC(F)F)cnc3c2)CC1. The zero-order chi connectivity index (χ0) is 20.5. The molecule has 1 fully saturated rings. The summed E-state index contributed by atoms with van der Waals surface area (Å²) in [5, 5.41) is 0.311. The van der Waals surface area contributed by atoms with E-state index in [9.17, 15) is 18.4 Å². The fraction of sp³-hybridized carbons (Fsp3) is 0.368. The Balaban J connectivity index is 1.49. The number of amides is 1. The van der Waals surface area contributed by atoms with Crippen LogP contribution < -0.4 is 10.5 Å². The molecule has 4 rings (SSSR count). The molecule has 10 heteroatoms. The second-order valence-electron chi connectivity index (χ2n) is 6.84. The number of halogens is 2. The van der Waals surface area contributed by atoms with Crippen LogP contribution in [0.25, 0.3) is 10.9 Å². The number of rotatable bonds is 4. The number of aryl methyl sites for hydroxylation is 1. The minimum atomic E-state index is -2.61. The Morgan fingerprint density at radius 2 is 1.97 bits per heavy atom. The number of aromatic nitrogens is 3. The van der Waals surface area contributed by atoms with Crippen molar-refractivity contribution in [3.63, 3.8) is 0 Å². The summed E-state index contributed by atoms with van der Waals surface area (Å²) >= 11 is 1.35. The number of fused-ring (bicyclic) bond motifs is 1. The van der Waals surface area contributed by atoms with Crippen LogP contribution in [0.4, 0.5) is 14.5 Å². The third kappa shape index (κ3) is 3.84. The lowest BCUT2D eigenvalue weighted by atomic mass is 10.2. The van der Waals surface area contributed by atoms with E-state index in [-0.39, 0.29) is 5.91 Å². The summed E-state index contributed by atoms with van der Waals surface area (Å²) in [6, 6.07) is 5.21. The van der Waals surface area contributed by atoms with E-state index in [1.165, 1.54) is 11.3 Å². The number of anilines is 1. The minimum absolute atomic E-state index is 0.00408. The number of carbonyl (C=O) groups excluding carboxylic acids is 1. The quantitative estimate of drug-likeness (QED) is 0.650. The van der Waals surface area contributed by atoms with Gasteiger partial charge in [0.1, 0.15) is 4.88 Å². The molecule has 0 bridgehead atoms. The molecule has 3 heterocycles. The second-order valence-corrected chi connectivity index (χ2v) is 7.70. The van der Waals surface area contributed by atoms with Gasteiger partial charge >= 0.3 is 0 Å². The molecule has 1 aromatic carbocycles. The molecule has 1 amide bonds. The monoisotopic (exact) mass is 419 g/mol. The van der Waals surface area contributed by atoms with Crippen LogP contribution in [0.15, 0.2) is 34.8 Å². The fourth-order valence-corrected chi connectivity index (χ4v) is 4.21. The van der Waals surface area contributed by atoms with Crippen LogP contribution >= 0.6 is 11.3 Å². The molecular formula is C19H19F2N5O2S. The number of benzene rings is 1. The molecule has 0 aliphatic carbocycles. The van der Waals surface area contributed by atoms with Crippen LogP contribution in [0.1, 0.15) is 15.4 Å². The molecule has 29 heavy (non-hydrogen) atoms. The summed E-state index contributed by atoms with van der Waals surface area (Å²) in [6.45, 7) is 3.63. The highest BCUT2D eigenvalue weighted by molar-refractivity contribution is 7.11. The van der Waals surface area contributed by atoms with Gasteiger partial charge in [-0.25, -0.2) is 18.7 Å². The van der Waals surface area contributed by atoms with Crippen molar-refractivity contribution in [2.24, 2.45) is 0 Å². The Bertz CT molecular complexity index is 1110. The van der Waals surface area contributed by atoms with Crippen LogP contribution in [0.3, 0.4) is 0 Å². The summed E-state index contributed by atoms with van der Waals surface area (Å²) in [6.07, 6.45) is -1.45. The molecule has 0 saturated carbocycles. The van der Waals surface area contributed by atoms with Crippen LogP contribution in [-0.4, -0.2) is 57.9 Å². The smallest absolute Gasteiger partial charge is 0.265 e. The largest absolute Gasteiger partial charge is 0.368 e. The van der Waals surface area contributed by atoms with Gasteiger partial charge in [0.25, 0.3) is 17.9 Å². The number of nitrogens with zero attached hydrogens (tertiary/aromatic N) is 5. The number of hydrogen-bond donors (Lipinski definition) is 0. The van der Waals surface area contributed by atoms with Crippen LogP contribution in [0.5, 0.6) is 0 Å². The topological polar surface area (TPSA) is 71.3 Å². The summed E-state index contributed by atoms with van der Waals surface area (Å²) in [5.41, 5.74) is 3.31. The average molecular weight is 419 g/mol. The first-order valence-electron chi connectivity index (χ1n) is 9.15. The zero-order valence-electron chi connectivity index (χ0n) is 15.7. The molecule has 0 radical (unpaired) electrons. The highest BCUT2D eigenvalue weighted by atomic mass is 32.1. The first kappa shape index (κ1) is 19.4. The molecule has 1 saturated heterocycles. The van der Waals surface area contributed by atoms with Gasteiger partial charge < -0.3 is 9.80 Å². The predicted octanol–water partition coefficient (Wildman–Crippen LogP) is 2.39. The van der Waals surface area contributed by atoms with E-state index in [0.717, 1.165) is 22.3 Å². The number of thiazole rings is 1. The molecule has 0 spiro atoms. The molecule has 2 aromatic heterocycles. The summed E-state index contributed by atoms with van der Waals surface area (Å²) in [7, 11) is 0. The maximum atomic E-state index is 12.6.